The lowest BCUT2D eigenvalue weighted by Gasteiger charge is -2.25. The van der Waals surface area contributed by atoms with Gasteiger partial charge in [0.15, 0.2) is 5.96 Å². The van der Waals surface area contributed by atoms with Gasteiger partial charge in [0.1, 0.15) is 0 Å². The van der Waals surface area contributed by atoms with Crippen LogP contribution >= 0.6 is 24.0 Å². The Morgan fingerprint density at radius 1 is 1.05 bits per heavy atom. The van der Waals surface area contributed by atoms with Crippen molar-refractivity contribution in [2.45, 2.75) is 59.4 Å². The van der Waals surface area contributed by atoms with Crippen LogP contribution in [0.4, 0.5) is 0 Å². The molecule has 0 heterocycles. The molecule has 0 aliphatic carbocycles. The average molecular weight is 398 g/mol. The number of nitrogens with zero attached hydrogens (tertiary/aromatic N) is 2. The van der Waals surface area contributed by atoms with Crippen LogP contribution in [0.2, 0.25) is 0 Å². The first kappa shape index (κ1) is 22.2. The number of guanidine groups is 1. The maximum atomic E-state index is 4.25. The first-order valence-corrected chi connectivity index (χ1v) is 7.84. The van der Waals surface area contributed by atoms with Gasteiger partial charge in [-0.25, -0.2) is 0 Å². The Hall–Kier alpha value is -0.0400. The Kier molecular flexibility index (Phi) is 17.1. The minimum atomic E-state index is 0. The largest absolute Gasteiger partial charge is 0.356 e. The lowest BCUT2D eigenvalue weighted by molar-refractivity contribution is 0.237. The quantitative estimate of drug-likeness (QED) is 0.257. The van der Waals surface area contributed by atoms with Crippen molar-refractivity contribution in [3.8, 4) is 0 Å². The standard InChI is InChI=1S/C15H34N4.HI/c1-6-8-9-10-11-17-15(16-5)18-12-13-19(7-2)14(3)4;/h14H,6-13H2,1-5H3,(H2,16,17,18);1H. The second-order valence-corrected chi connectivity index (χ2v) is 5.21. The lowest BCUT2D eigenvalue weighted by atomic mass is 10.2. The molecule has 0 aromatic rings. The van der Waals surface area contributed by atoms with E-state index in [4.69, 9.17) is 0 Å². The van der Waals surface area contributed by atoms with Gasteiger partial charge in [0, 0.05) is 32.7 Å². The third kappa shape index (κ3) is 11.8. The van der Waals surface area contributed by atoms with Crippen molar-refractivity contribution >= 4 is 29.9 Å². The molecular weight excluding hydrogens is 363 g/mol. The summed E-state index contributed by atoms with van der Waals surface area (Å²) in [6.45, 7) is 13.0. The monoisotopic (exact) mass is 398 g/mol. The Morgan fingerprint density at radius 2 is 1.70 bits per heavy atom. The number of halogens is 1. The van der Waals surface area contributed by atoms with Crippen LogP contribution < -0.4 is 10.6 Å². The number of rotatable bonds is 10. The van der Waals surface area contributed by atoms with E-state index >= 15 is 0 Å². The summed E-state index contributed by atoms with van der Waals surface area (Å²) in [6.07, 6.45) is 5.14. The maximum absolute atomic E-state index is 4.25. The van der Waals surface area contributed by atoms with Crippen molar-refractivity contribution in [1.82, 2.24) is 15.5 Å². The second kappa shape index (κ2) is 15.4. The summed E-state index contributed by atoms with van der Waals surface area (Å²) in [6, 6.07) is 0.607. The van der Waals surface area contributed by atoms with Gasteiger partial charge in [0.05, 0.1) is 0 Å². The first-order chi connectivity index (χ1) is 9.15. The highest BCUT2D eigenvalue weighted by Crippen LogP contribution is 1.97. The summed E-state index contributed by atoms with van der Waals surface area (Å²) in [5.74, 6) is 0.927. The van der Waals surface area contributed by atoms with Crippen molar-refractivity contribution < 1.29 is 0 Å². The minimum Gasteiger partial charge on any atom is -0.356 e. The fourth-order valence-electron chi connectivity index (χ4n) is 2.08. The molecule has 0 saturated carbocycles. The average Bonchev–Trinajstić information content (AvgIpc) is 2.40. The van der Waals surface area contributed by atoms with Crippen LogP contribution in [0.25, 0.3) is 0 Å². The molecule has 0 fully saturated rings. The highest BCUT2D eigenvalue weighted by Gasteiger charge is 2.06. The molecule has 5 heteroatoms. The smallest absolute Gasteiger partial charge is 0.191 e. The van der Waals surface area contributed by atoms with Gasteiger partial charge in [0.2, 0.25) is 0 Å². The third-order valence-corrected chi connectivity index (χ3v) is 3.37. The molecule has 0 saturated heterocycles. The summed E-state index contributed by atoms with van der Waals surface area (Å²) < 4.78 is 0. The number of likely N-dealkylation sites (N-methyl/N-ethyl adjacent to an activating group) is 1. The van der Waals surface area contributed by atoms with Crippen molar-refractivity contribution in [2.24, 2.45) is 4.99 Å². The lowest BCUT2D eigenvalue weighted by Crippen LogP contribution is -2.43. The van der Waals surface area contributed by atoms with E-state index in [1.54, 1.807) is 0 Å². The molecular formula is C15H35IN4. The van der Waals surface area contributed by atoms with E-state index in [9.17, 15) is 0 Å². The van der Waals surface area contributed by atoms with Crippen LogP contribution in [0, 0.1) is 0 Å². The molecule has 0 radical (unpaired) electrons. The van der Waals surface area contributed by atoms with E-state index in [0.717, 1.165) is 32.1 Å². The fraction of sp³-hybridized carbons (Fsp3) is 0.933. The molecule has 0 aromatic heterocycles. The molecule has 0 aliphatic rings. The van der Waals surface area contributed by atoms with Crippen molar-refractivity contribution in [1.29, 1.82) is 0 Å². The van der Waals surface area contributed by atoms with Crippen LogP contribution in [0.3, 0.4) is 0 Å². The Morgan fingerprint density at radius 3 is 2.20 bits per heavy atom. The summed E-state index contributed by atoms with van der Waals surface area (Å²) in [5.41, 5.74) is 0. The Labute approximate surface area is 143 Å². The topological polar surface area (TPSA) is 39.7 Å². The Balaban J connectivity index is 0. The number of nitrogens with one attached hydrogen (secondary N) is 2. The molecule has 0 rings (SSSR count). The van der Waals surface area contributed by atoms with Gasteiger partial charge in [0.25, 0.3) is 0 Å². The number of hydrogen-bond acceptors (Lipinski definition) is 2. The van der Waals surface area contributed by atoms with E-state index in [0.29, 0.717) is 6.04 Å². The van der Waals surface area contributed by atoms with Crippen molar-refractivity contribution in [2.75, 3.05) is 33.2 Å². The van der Waals surface area contributed by atoms with Gasteiger partial charge in [-0.15, -0.1) is 24.0 Å². The third-order valence-electron chi connectivity index (χ3n) is 3.37. The normalized spacial score (nSPS) is 11.7. The van der Waals surface area contributed by atoms with Crippen LogP contribution in [0.15, 0.2) is 4.99 Å². The van der Waals surface area contributed by atoms with Gasteiger partial charge in [-0.2, -0.15) is 0 Å². The molecule has 0 amide bonds. The second-order valence-electron chi connectivity index (χ2n) is 5.21. The van der Waals surface area contributed by atoms with Gasteiger partial charge >= 0.3 is 0 Å². The highest BCUT2D eigenvalue weighted by atomic mass is 127. The van der Waals surface area contributed by atoms with E-state index in [1.807, 2.05) is 7.05 Å². The van der Waals surface area contributed by atoms with Crippen LogP contribution in [0.1, 0.15) is 53.4 Å². The SMILES string of the molecule is CCCCCCNC(=NC)NCCN(CC)C(C)C.I. The van der Waals surface area contributed by atoms with Gasteiger partial charge in [-0.3, -0.25) is 9.89 Å². The van der Waals surface area contributed by atoms with Crippen molar-refractivity contribution in [3.63, 3.8) is 0 Å². The molecule has 4 nitrogen and oxygen atoms in total. The Bertz CT molecular complexity index is 232. The van der Waals surface area contributed by atoms with Crippen LogP contribution in [-0.4, -0.2) is 50.1 Å². The molecule has 0 atom stereocenters. The van der Waals surface area contributed by atoms with Gasteiger partial charge in [-0.1, -0.05) is 33.1 Å². The van der Waals surface area contributed by atoms with E-state index in [-0.39, 0.29) is 24.0 Å². The molecule has 2 N–H and O–H groups in total. The number of hydrogen-bond donors (Lipinski definition) is 2. The molecule has 0 bridgehead atoms. The molecule has 0 spiro atoms. The van der Waals surface area contributed by atoms with E-state index < -0.39 is 0 Å². The summed E-state index contributed by atoms with van der Waals surface area (Å²) >= 11 is 0. The van der Waals surface area contributed by atoms with Gasteiger partial charge in [-0.05, 0) is 26.8 Å². The van der Waals surface area contributed by atoms with Gasteiger partial charge < -0.3 is 10.6 Å². The molecule has 122 valence electrons. The minimum absolute atomic E-state index is 0. The number of unbranched alkanes of at least 4 members (excludes halogenated alkanes) is 3. The van der Waals surface area contributed by atoms with E-state index in [1.165, 1.54) is 25.7 Å². The maximum Gasteiger partial charge on any atom is 0.191 e. The van der Waals surface area contributed by atoms with E-state index in [2.05, 4.69) is 48.2 Å². The molecule has 0 aliphatic heterocycles. The summed E-state index contributed by atoms with van der Waals surface area (Å²) in [7, 11) is 1.83. The molecule has 20 heavy (non-hydrogen) atoms. The van der Waals surface area contributed by atoms with Crippen LogP contribution in [-0.2, 0) is 0 Å². The van der Waals surface area contributed by atoms with Crippen LogP contribution in [0.5, 0.6) is 0 Å². The zero-order valence-corrected chi connectivity index (χ0v) is 16.4. The zero-order chi connectivity index (χ0) is 14.5. The predicted octanol–water partition coefficient (Wildman–Crippen LogP) is 3.08. The highest BCUT2D eigenvalue weighted by molar-refractivity contribution is 14.0. The molecule has 0 unspecified atom stereocenters. The summed E-state index contributed by atoms with van der Waals surface area (Å²) in [5, 5.41) is 6.75. The number of aliphatic imine (C=N–C) groups is 1. The van der Waals surface area contributed by atoms with Crippen molar-refractivity contribution in [3.05, 3.63) is 0 Å². The fourth-order valence-corrected chi connectivity index (χ4v) is 2.08. The molecule has 0 aromatic carbocycles. The zero-order valence-electron chi connectivity index (χ0n) is 14.0. The summed E-state index contributed by atoms with van der Waals surface area (Å²) in [4.78, 5) is 6.70. The predicted molar refractivity (Wildman–Crippen MR) is 101 cm³/mol. The first-order valence-electron chi connectivity index (χ1n) is 7.84.